The Morgan fingerprint density at radius 3 is 2.11 bits per heavy atom. The van der Waals surface area contributed by atoms with E-state index in [1.165, 1.54) is 0 Å². The minimum absolute atomic E-state index is 0.117. The van der Waals surface area contributed by atoms with Gasteiger partial charge in [0, 0.05) is 6.04 Å². The number of hydrogen-bond acceptors (Lipinski definition) is 4. The first kappa shape index (κ1) is 15.0. The average Bonchev–Trinajstić information content (AvgIpc) is 2.54. The number of piperidine rings is 1. The topological polar surface area (TPSA) is 127 Å². The van der Waals surface area contributed by atoms with Crippen molar-refractivity contribution in [3.63, 3.8) is 0 Å². The zero-order valence-corrected chi connectivity index (χ0v) is 12.2. The molecule has 2 aliphatic rings. The lowest BCUT2D eigenvalue weighted by Crippen LogP contribution is -2.54. The maximum atomic E-state index is 11.7. The summed E-state index contributed by atoms with van der Waals surface area (Å²) >= 11 is 4.20. The van der Waals surface area contributed by atoms with Crippen LogP contribution in [0.4, 0.5) is 0 Å². The van der Waals surface area contributed by atoms with E-state index in [0.717, 1.165) is 6.42 Å². The molecule has 0 aromatic carbocycles. The maximum Gasteiger partial charge on any atom is 0.345 e. The van der Waals surface area contributed by atoms with Crippen molar-refractivity contribution >= 4 is 27.8 Å². The SMILES string of the molecule is O=P(O)(O)C1(P(=O)(O)O)CCC2CCC(S)NC21. The van der Waals surface area contributed by atoms with Gasteiger partial charge in [-0.25, -0.2) is 0 Å². The number of thiol groups is 1. The fourth-order valence-electron chi connectivity index (χ4n) is 3.16. The van der Waals surface area contributed by atoms with Gasteiger partial charge in [-0.3, -0.25) is 9.13 Å². The summed E-state index contributed by atoms with van der Waals surface area (Å²) in [6.07, 6.45) is 1.65. The molecule has 0 spiro atoms. The molecule has 1 aliphatic carbocycles. The van der Waals surface area contributed by atoms with Crippen LogP contribution in [0, 0.1) is 5.92 Å². The average molecular weight is 317 g/mol. The van der Waals surface area contributed by atoms with Crippen LogP contribution in [0.3, 0.4) is 0 Å². The molecule has 0 radical (unpaired) electrons. The van der Waals surface area contributed by atoms with E-state index in [1.807, 2.05) is 0 Å². The summed E-state index contributed by atoms with van der Waals surface area (Å²) in [5.41, 5.74) is 0. The van der Waals surface area contributed by atoms with Crippen LogP contribution in [0.1, 0.15) is 25.7 Å². The lowest BCUT2D eigenvalue weighted by atomic mass is 9.93. The van der Waals surface area contributed by atoms with Gasteiger partial charge in [-0.05, 0) is 31.6 Å². The molecule has 18 heavy (non-hydrogen) atoms. The zero-order valence-electron chi connectivity index (χ0n) is 9.51. The summed E-state index contributed by atoms with van der Waals surface area (Å²) in [7, 11) is -9.88. The van der Waals surface area contributed by atoms with Crippen molar-refractivity contribution in [1.82, 2.24) is 5.32 Å². The van der Waals surface area contributed by atoms with Crippen molar-refractivity contribution in [3.05, 3.63) is 0 Å². The lowest BCUT2D eigenvalue weighted by molar-refractivity contribution is 0.247. The molecule has 3 atom stereocenters. The standard InChI is InChI=1S/C8H17NO6P2S/c10-16(11,12)8(17(13,14)15)4-3-5-1-2-6(18)9-7(5)8/h5-7,9,18H,1-4H2,(H2,10,11,12)(H2,13,14,15). The molecule has 106 valence electrons. The molecule has 5 N–H and O–H groups in total. The van der Waals surface area contributed by atoms with Gasteiger partial charge in [0.25, 0.3) is 0 Å². The van der Waals surface area contributed by atoms with E-state index in [2.05, 4.69) is 17.9 Å². The van der Waals surface area contributed by atoms with Crippen LogP contribution in [0.5, 0.6) is 0 Å². The van der Waals surface area contributed by atoms with Crippen molar-refractivity contribution in [1.29, 1.82) is 0 Å². The van der Waals surface area contributed by atoms with Gasteiger partial charge in [-0.15, -0.1) is 0 Å². The van der Waals surface area contributed by atoms with Gasteiger partial charge in [0.2, 0.25) is 0 Å². The lowest BCUT2D eigenvalue weighted by Gasteiger charge is -2.41. The number of rotatable bonds is 2. The van der Waals surface area contributed by atoms with Gasteiger partial charge in [-0.1, -0.05) is 0 Å². The van der Waals surface area contributed by atoms with E-state index in [0.29, 0.717) is 12.8 Å². The summed E-state index contributed by atoms with van der Waals surface area (Å²) in [6, 6.07) is -0.879. The molecule has 1 saturated carbocycles. The molecule has 0 aromatic rings. The van der Waals surface area contributed by atoms with Crippen LogP contribution in [0.15, 0.2) is 0 Å². The van der Waals surface area contributed by atoms with E-state index in [9.17, 15) is 28.7 Å². The van der Waals surface area contributed by atoms with Crippen LogP contribution in [0.25, 0.3) is 0 Å². The van der Waals surface area contributed by atoms with E-state index in [-0.39, 0.29) is 17.7 Å². The molecule has 3 unspecified atom stereocenters. The van der Waals surface area contributed by atoms with Crippen molar-refractivity contribution in [2.75, 3.05) is 0 Å². The van der Waals surface area contributed by atoms with Crippen LogP contribution in [0.2, 0.25) is 0 Å². The van der Waals surface area contributed by atoms with E-state index in [1.54, 1.807) is 0 Å². The fraction of sp³-hybridized carbons (Fsp3) is 1.00. The monoisotopic (exact) mass is 317 g/mol. The van der Waals surface area contributed by atoms with Crippen molar-refractivity contribution in [2.45, 2.75) is 42.0 Å². The number of fused-ring (bicyclic) bond motifs is 1. The highest BCUT2D eigenvalue weighted by Gasteiger charge is 2.69. The van der Waals surface area contributed by atoms with Crippen LogP contribution in [-0.4, -0.2) is 35.9 Å². The van der Waals surface area contributed by atoms with Crippen LogP contribution in [-0.2, 0) is 9.13 Å². The molecular formula is C8H17NO6P2S. The van der Waals surface area contributed by atoms with E-state index >= 15 is 0 Å². The minimum atomic E-state index is -4.94. The molecule has 2 rings (SSSR count). The van der Waals surface area contributed by atoms with Crippen molar-refractivity contribution in [3.8, 4) is 0 Å². The largest absolute Gasteiger partial charge is 0.345 e. The van der Waals surface area contributed by atoms with Gasteiger partial charge in [0.15, 0.2) is 4.90 Å². The fourth-order valence-corrected chi connectivity index (χ4v) is 6.97. The molecule has 0 aromatic heterocycles. The Morgan fingerprint density at radius 2 is 1.61 bits per heavy atom. The van der Waals surface area contributed by atoms with Gasteiger partial charge >= 0.3 is 15.2 Å². The summed E-state index contributed by atoms with van der Waals surface area (Å²) in [4.78, 5) is 35.6. The number of nitrogens with one attached hydrogen (secondary N) is 1. The van der Waals surface area contributed by atoms with E-state index < -0.39 is 26.1 Å². The zero-order chi connectivity index (χ0) is 13.8. The second-order valence-corrected chi connectivity index (χ2v) is 9.75. The third-order valence-corrected chi connectivity index (χ3v) is 9.04. The summed E-state index contributed by atoms with van der Waals surface area (Å²) < 4.78 is 23.4. The molecule has 1 heterocycles. The molecule has 0 amide bonds. The van der Waals surface area contributed by atoms with Gasteiger partial charge in [0.05, 0.1) is 5.37 Å². The summed E-state index contributed by atoms with van der Waals surface area (Å²) in [6.45, 7) is 0. The molecule has 2 fully saturated rings. The molecular weight excluding hydrogens is 300 g/mol. The first-order chi connectivity index (χ1) is 8.09. The van der Waals surface area contributed by atoms with Crippen molar-refractivity contribution < 1.29 is 28.7 Å². The highest BCUT2D eigenvalue weighted by atomic mass is 32.1. The maximum absolute atomic E-state index is 11.7. The summed E-state index contributed by atoms with van der Waals surface area (Å²) in [5, 5.41) is 2.57. The Kier molecular flexibility index (Phi) is 3.81. The normalized spacial score (nSPS) is 36.4. The second-order valence-electron chi connectivity index (χ2n) is 5.00. The van der Waals surface area contributed by atoms with Crippen molar-refractivity contribution in [2.24, 2.45) is 5.92 Å². The van der Waals surface area contributed by atoms with Gasteiger partial charge in [-0.2, -0.15) is 12.6 Å². The Balaban J connectivity index is 2.49. The predicted molar refractivity (Wildman–Crippen MR) is 68.5 cm³/mol. The van der Waals surface area contributed by atoms with Gasteiger partial charge in [0.1, 0.15) is 0 Å². The first-order valence-corrected chi connectivity index (χ1v) is 9.39. The van der Waals surface area contributed by atoms with Gasteiger partial charge < -0.3 is 24.9 Å². The Labute approximate surface area is 110 Å². The highest BCUT2D eigenvalue weighted by Crippen LogP contribution is 2.76. The highest BCUT2D eigenvalue weighted by molar-refractivity contribution is 7.80. The Bertz CT molecular complexity index is 411. The third-order valence-electron chi connectivity index (χ3n) is 4.04. The molecule has 1 saturated heterocycles. The van der Waals surface area contributed by atoms with Crippen LogP contribution < -0.4 is 5.32 Å². The first-order valence-electron chi connectivity index (χ1n) is 5.65. The second kappa shape index (κ2) is 4.57. The van der Waals surface area contributed by atoms with E-state index in [4.69, 9.17) is 0 Å². The summed E-state index contributed by atoms with van der Waals surface area (Å²) in [5.74, 6) is -0.117. The van der Waals surface area contributed by atoms with Crippen LogP contribution >= 0.6 is 27.8 Å². The molecule has 7 nitrogen and oxygen atoms in total. The molecule has 1 aliphatic heterocycles. The molecule has 10 heteroatoms. The predicted octanol–water partition coefficient (Wildman–Crippen LogP) is 0.456. The Hall–Kier alpha value is 0.610. The quantitative estimate of drug-likeness (QED) is 0.322. The third kappa shape index (κ3) is 2.13. The smallest absolute Gasteiger partial charge is 0.324 e. The number of hydrogen-bond donors (Lipinski definition) is 6. The molecule has 0 bridgehead atoms. The Morgan fingerprint density at radius 1 is 1.06 bits per heavy atom. The minimum Gasteiger partial charge on any atom is -0.324 e.